The van der Waals surface area contributed by atoms with Crippen LogP contribution in [0.15, 0.2) is 78.9 Å². The molecule has 0 radical (unpaired) electrons. The van der Waals surface area contributed by atoms with E-state index in [1.54, 1.807) is 48.5 Å². The highest BCUT2D eigenvalue weighted by Gasteiger charge is 2.08. The molecule has 158 valence electrons. The van der Waals surface area contributed by atoms with Crippen molar-refractivity contribution in [3.05, 3.63) is 95.6 Å². The Morgan fingerprint density at radius 3 is 2.26 bits per heavy atom. The van der Waals surface area contributed by atoms with Gasteiger partial charge < -0.3 is 20.7 Å². The normalized spacial score (nSPS) is 10.1. The Kier molecular flexibility index (Phi) is 7.37. The predicted molar refractivity (Wildman–Crippen MR) is 119 cm³/mol. The van der Waals surface area contributed by atoms with Crippen molar-refractivity contribution in [1.29, 1.82) is 0 Å². The highest BCUT2D eigenvalue weighted by Crippen LogP contribution is 2.12. The molecule has 0 aliphatic rings. The van der Waals surface area contributed by atoms with Gasteiger partial charge in [-0.05, 0) is 48.0 Å². The smallest absolute Gasteiger partial charge is 0.337 e. The number of hydrogen-bond acceptors (Lipinski definition) is 5. The lowest BCUT2D eigenvalue weighted by Gasteiger charge is -2.10. The summed E-state index contributed by atoms with van der Waals surface area (Å²) in [5.41, 5.74) is 3.14. The van der Waals surface area contributed by atoms with Gasteiger partial charge in [0.25, 0.3) is 5.91 Å². The zero-order valence-electron chi connectivity index (χ0n) is 17.1. The fraction of sp³-hybridized carbons (Fsp3) is 0.125. The summed E-state index contributed by atoms with van der Waals surface area (Å²) in [7, 11) is 1.31. The Morgan fingerprint density at radius 2 is 1.55 bits per heavy atom. The van der Waals surface area contributed by atoms with Crippen LogP contribution in [0.1, 0.15) is 26.3 Å². The van der Waals surface area contributed by atoms with Crippen molar-refractivity contribution < 1.29 is 19.1 Å². The Balaban J connectivity index is 1.50. The molecule has 2 amide bonds. The minimum atomic E-state index is -0.438. The lowest BCUT2D eigenvalue weighted by molar-refractivity contribution is -0.114. The number of esters is 1. The largest absolute Gasteiger partial charge is 0.465 e. The van der Waals surface area contributed by atoms with Crippen molar-refractivity contribution >= 4 is 29.2 Å². The topological polar surface area (TPSA) is 96.5 Å². The maximum Gasteiger partial charge on any atom is 0.337 e. The van der Waals surface area contributed by atoms with E-state index in [2.05, 4.69) is 20.7 Å². The van der Waals surface area contributed by atoms with E-state index in [1.807, 2.05) is 30.3 Å². The van der Waals surface area contributed by atoms with Crippen LogP contribution in [0, 0.1) is 0 Å². The first-order chi connectivity index (χ1) is 15.0. The molecular weight excluding hydrogens is 394 g/mol. The van der Waals surface area contributed by atoms with Crippen LogP contribution in [0.2, 0.25) is 0 Å². The van der Waals surface area contributed by atoms with Crippen LogP contribution in [0.5, 0.6) is 0 Å². The molecule has 3 N–H and O–H groups in total. The number of hydrogen-bond donors (Lipinski definition) is 3. The minimum absolute atomic E-state index is 0.0217. The van der Waals surface area contributed by atoms with Crippen molar-refractivity contribution in [2.45, 2.75) is 6.54 Å². The number of carbonyl (C=O) groups is 3. The van der Waals surface area contributed by atoms with E-state index in [9.17, 15) is 14.4 Å². The van der Waals surface area contributed by atoms with Gasteiger partial charge in [-0.3, -0.25) is 9.59 Å². The standard InChI is InChI=1S/C24H23N3O4/c1-31-24(30)18-10-12-20(13-11-18)27-22(28)16-25-21-9-5-8-19(14-21)23(29)26-15-17-6-3-2-4-7-17/h2-14,25H,15-16H2,1H3,(H,26,29)(H,27,28). The van der Waals surface area contributed by atoms with Gasteiger partial charge in [-0.15, -0.1) is 0 Å². The van der Waals surface area contributed by atoms with Crippen LogP contribution in [0.4, 0.5) is 11.4 Å². The molecular formula is C24H23N3O4. The number of benzene rings is 3. The fourth-order valence-corrected chi connectivity index (χ4v) is 2.85. The summed E-state index contributed by atoms with van der Waals surface area (Å²) in [4.78, 5) is 36.0. The van der Waals surface area contributed by atoms with E-state index in [-0.39, 0.29) is 18.4 Å². The maximum atomic E-state index is 12.4. The van der Waals surface area contributed by atoms with Crippen LogP contribution in [0.25, 0.3) is 0 Å². The van der Waals surface area contributed by atoms with Gasteiger partial charge in [0, 0.05) is 23.5 Å². The molecule has 0 spiro atoms. The fourth-order valence-electron chi connectivity index (χ4n) is 2.85. The molecule has 0 aliphatic carbocycles. The van der Waals surface area contributed by atoms with Gasteiger partial charge >= 0.3 is 5.97 Å². The van der Waals surface area contributed by atoms with E-state index in [0.717, 1.165) is 5.56 Å². The maximum absolute atomic E-state index is 12.4. The molecule has 3 aromatic rings. The molecule has 7 nitrogen and oxygen atoms in total. The lowest BCUT2D eigenvalue weighted by atomic mass is 10.1. The first kappa shape index (κ1) is 21.6. The second-order valence-corrected chi connectivity index (χ2v) is 6.72. The molecule has 0 heterocycles. The summed E-state index contributed by atoms with van der Waals surface area (Å²) >= 11 is 0. The highest BCUT2D eigenvalue weighted by atomic mass is 16.5. The van der Waals surface area contributed by atoms with E-state index in [0.29, 0.717) is 29.0 Å². The van der Waals surface area contributed by atoms with Crippen LogP contribution in [0.3, 0.4) is 0 Å². The molecule has 3 aromatic carbocycles. The van der Waals surface area contributed by atoms with Gasteiger partial charge in [-0.25, -0.2) is 4.79 Å². The Bertz CT molecular complexity index is 1050. The summed E-state index contributed by atoms with van der Waals surface area (Å²) in [6.45, 7) is 0.461. The number of carbonyl (C=O) groups excluding carboxylic acids is 3. The Morgan fingerprint density at radius 1 is 0.806 bits per heavy atom. The van der Waals surface area contributed by atoms with Gasteiger partial charge in [0.05, 0.1) is 19.2 Å². The summed E-state index contributed by atoms with van der Waals surface area (Å²) < 4.78 is 4.64. The summed E-state index contributed by atoms with van der Waals surface area (Å²) in [6.07, 6.45) is 0. The number of methoxy groups -OCH3 is 1. The average molecular weight is 417 g/mol. The molecule has 7 heteroatoms. The number of anilines is 2. The molecule has 3 rings (SSSR count). The molecule has 0 unspecified atom stereocenters. The zero-order valence-corrected chi connectivity index (χ0v) is 17.1. The first-order valence-electron chi connectivity index (χ1n) is 9.69. The van der Waals surface area contributed by atoms with Crippen molar-refractivity contribution in [2.75, 3.05) is 24.3 Å². The Labute approximate surface area is 180 Å². The molecule has 0 saturated heterocycles. The SMILES string of the molecule is COC(=O)c1ccc(NC(=O)CNc2cccc(C(=O)NCc3ccccc3)c2)cc1. The molecule has 0 atom stereocenters. The Hall–Kier alpha value is -4.13. The molecule has 0 aliphatic heterocycles. The monoisotopic (exact) mass is 417 g/mol. The number of amides is 2. The van der Waals surface area contributed by atoms with E-state index in [1.165, 1.54) is 7.11 Å². The molecule has 0 bridgehead atoms. The highest BCUT2D eigenvalue weighted by molar-refractivity contribution is 5.96. The third-order valence-corrected chi connectivity index (χ3v) is 4.46. The number of nitrogens with one attached hydrogen (secondary N) is 3. The second-order valence-electron chi connectivity index (χ2n) is 6.72. The third kappa shape index (κ3) is 6.43. The van der Waals surface area contributed by atoms with Crippen LogP contribution in [-0.4, -0.2) is 31.4 Å². The predicted octanol–water partition coefficient (Wildman–Crippen LogP) is 3.45. The average Bonchev–Trinajstić information content (AvgIpc) is 2.82. The second kappa shape index (κ2) is 10.6. The van der Waals surface area contributed by atoms with Crippen molar-refractivity contribution in [3.63, 3.8) is 0 Å². The molecule has 0 fully saturated rings. The third-order valence-electron chi connectivity index (χ3n) is 4.46. The summed E-state index contributed by atoms with van der Waals surface area (Å²) in [5.74, 6) is -0.889. The van der Waals surface area contributed by atoms with Crippen molar-refractivity contribution in [3.8, 4) is 0 Å². The van der Waals surface area contributed by atoms with Gasteiger partial charge in [-0.2, -0.15) is 0 Å². The molecule has 0 aromatic heterocycles. The van der Waals surface area contributed by atoms with E-state index in [4.69, 9.17) is 0 Å². The number of rotatable bonds is 8. The number of ether oxygens (including phenoxy) is 1. The van der Waals surface area contributed by atoms with Gasteiger partial charge in [0.1, 0.15) is 0 Å². The van der Waals surface area contributed by atoms with Gasteiger partial charge in [0.2, 0.25) is 5.91 Å². The lowest BCUT2D eigenvalue weighted by Crippen LogP contribution is -2.23. The van der Waals surface area contributed by atoms with Crippen molar-refractivity contribution in [2.24, 2.45) is 0 Å². The van der Waals surface area contributed by atoms with Crippen LogP contribution in [-0.2, 0) is 16.1 Å². The van der Waals surface area contributed by atoms with Crippen molar-refractivity contribution in [1.82, 2.24) is 5.32 Å². The molecule has 31 heavy (non-hydrogen) atoms. The van der Waals surface area contributed by atoms with Gasteiger partial charge in [-0.1, -0.05) is 36.4 Å². The summed E-state index contributed by atoms with van der Waals surface area (Å²) in [6, 6.07) is 23.0. The quantitative estimate of drug-likeness (QED) is 0.488. The first-order valence-corrected chi connectivity index (χ1v) is 9.69. The van der Waals surface area contributed by atoms with Crippen LogP contribution < -0.4 is 16.0 Å². The van der Waals surface area contributed by atoms with E-state index >= 15 is 0 Å². The summed E-state index contributed by atoms with van der Waals surface area (Å²) in [5, 5.41) is 8.62. The zero-order chi connectivity index (χ0) is 22.1. The minimum Gasteiger partial charge on any atom is -0.465 e. The van der Waals surface area contributed by atoms with Gasteiger partial charge in [0.15, 0.2) is 0 Å². The molecule has 0 saturated carbocycles. The van der Waals surface area contributed by atoms with E-state index < -0.39 is 5.97 Å². The van der Waals surface area contributed by atoms with Crippen LogP contribution >= 0.6 is 0 Å².